The van der Waals surface area contributed by atoms with Gasteiger partial charge in [0.05, 0.1) is 39.6 Å². The van der Waals surface area contributed by atoms with Gasteiger partial charge in [-0.15, -0.1) is 5.10 Å². The van der Waals surface area contributed by atoms with E-state index in [1.807, 2.05) is 44.4 Å². The average molecular weight is 532 g/mol. The van der Waals surface area contributed by atoms with E-state index in [-0.39, 0.29) is 5.92 Å². The summed E-state index contributed by atoms with van der Waals surface area (Å²) >= 11 is 0. The summed E-state index contributed by atoms with van der Waals surface area (Å²) in [6, 6.07) is 11.2. The fourth-order valence-electron chi connectivity index (χ4n) is 5.95. The van der Waals surface area contributed by atoms with Gasteiger partial charge in [-0.1, -0.05) is 23.4 Å². The number of hydrogen-bond acceptors (Lipinski definition) is 5. The molecule has 1 atom stereocenters. The number of rotatable bonds is 5. The van der Waals surface area contributed by atoms with Crippen LogP contribution in [0.4, 0.5) is 8.78 Å². The van der Waals surface area contributed by atoms with Crippen molar-refractivity contribution in [3.63, 3.8) is 0 Å². The zero-order valence-electron chi connectivity index (χ0n) is 22.4. The summed E-state index contributed by atoms with van der Waals surface area (Å²) < 4.78 is 39.1. The number of aliphatic hydroxyl groups is 1. The monoisotopic (exact) mass is 531 g/mol. The molecule has 1 fully saturated rings. The van der Waals surface area contributed by atoms with E-state index in [4.69, 9.17) is 9.72 Å². The molecule has 0 bridgehead atoms. The first-order chi connectivity index (χ1) is 18.6. The third-order valence-electron chi connectivity index (χ3n) is 7.89. The molecular formula is C30H31F2N5O2. The van der Waals surface area contributed by atoms with Crippen molar-refractivity contribution in [2.24, 2.45) is 13.0 Å². The van der Waals surface area contributed by atoms with Gasteiger partial charge in [0.1, 0.15) is 11.6 Å². The Morgan fingerprint density at radius 2 is 1.82 bits per heavy atom. The quantitative estimate of drug-likeness (QED) is 0.310. The minimum Gasteiger partial charge on any atom is -0.386 e. The van der Waals surface area contributed by atoms with Crippen LogP contribution in [0.1, 0.15) is 49.6 Å². The van der Waals surface area contributed by atoms with Crippen molar-refractivity contribution < 1.29 is 18.6 Å². The van der Waals surface area contributed by atoms with Crippen LogP contribution < -0.4 is 0 Å². The summed E-state index contributed by atoms with van der Waals surface area (Å²) in [5, 5.41) is 20.1. The van der Waals surface area contributed by atoms with Gasteiger partial charge in [-0.25, -0.2) is 13.5 Å². The molecule has 0 radical (unpaired) electrons. The molecule has 6 rings (SSSR count). The summed E-state index contributed by atoms with van der Waals surface area (Å²) in [6.07, 6.45) is 3.26. The lowest BCUT2D eigenvalue weighted by Crippen LogP contribution is -2.27. The third kappa shape index (κ3) is 4.39. The Bertz CT molecular complexity index is 1680. The Kier molecular flexibility index (Phi) is 6.23. The number of aromatic nitrogens is 5. The molecule has 2 aromatic carbocycles. The second-order valence-electron chi connectivity index (χ2n) is 11.0. The highest BCUT2D eigenvalue weighted by Crippen LogP contribution is 2.42. The van der Waals surface area contributed by atoms with Gasteiger partial charge in [-0.3, -0.25) is 4.98 Å². The summed E-state index contributed by atoms with van der Waals surface area (Å²) in [7, 11) is 1.84. The molecule has 1 N–H and O–H groups in total. The fraction of sp³-hybridized carbons (Fsp3) is 0.367. The number of halogens is 2. The first-order valence-electron chi connectivity index (χ1n) is 13.2. The van der Waals surface area contributed by atoms with Crippen LogP contribution in [-0.4, -0.2) is 42.9 Å². The van der Waals surface area contributed by atoms with E-state index in [9.17, 15) is 9.50 Å². The number of nitrogens with zero attached hydrogens (tertiary/aromatic N) is 5. The van der Waals surface area contributed by atoms with Gasteiger partial charge in [-0.2, -0.15) is 0 Å². The Hall–Kier alpha value is -3.69. The molecular weight excluding hydrogens is 500 g/mol. The number of hydrogen-bond donors (Lipinski definition) is 1. The zero-order valence-corrected chi connectivity index (χ0v) is 22.4. The maximum Gasteiger partial charge on any atom is 0.131 e. The van der Waals surface area contributed by atoms with E-state index < -0.39 is 23.3 Å². The van der Waals surface area contributed by atoms with Gasteiger partial charge >= 0.3 is 0 Å². The Balaban J connectivity index is 1.71. The van der Waals surface area contributed by atoms with Crippen molar-refractivity contribution in [3.05, 3.63) is 77.1 Å². The highest BCUT2D eigenvalue weighted by molar-refractivity contribution is 6.07. The van der Waals surface area contributed by atoms with Crippen molar-refractivity contribution in [1.29, 1.82) is 0 Å². The molecule has 0 saturated carbocycles. The molecule has 0 aliphatic carbocycles. The molecule has 1 aliphatic heterocycles. The molecule has 0 spiro atoms. The highest BCUT2D eigenvalue weighted by atomic mass is 19.1. The number of fused-ring (bicyclic) bond motifs is 3. The molecule has 7 nitrogen and oxygen atoms in total. The Labute approximate surface area is 225 Å². The van der Waals surface area contributed by atoms with E-state index in [1.165, 1.54) is 6.07 Å². The largest absolute Gasteiger partial charge is 0.386 e. The van der Waals surface area contributed by atoms with E-state index in [2.05, 4.69) is 14.9 Å². The molecule has 4 heterocycles. The minimum absolute atomic E-state index is 0.0343. The molecule has 1 aliphatic rings. The smallest absolute Gasteiger partial charge is 0.131 e. The maximum atomic E-state index is 15.6. The molecule has 5 aromatic rings. The van der Waals surface area contributed by atoms with Crippen LogP contribution in [0.5, 0.6) is 0 Å². The van der Waals surface area contributed by atoms with E-state index in [0.29, 0.717) is 18.8 Å². The van der Waals surface area contributed by atoms with Crippen LogP contribution >= 0.6 is 0 Å². The summed E-state index contributed by atoms with van der Waals surface area (Å²) in [6.45, 7) is 6.52. The minimum atomic E-state index is -1.08. The molecule has 9 heteroatoms. The predicted molar refractivity (Wildman–Crippen MR) is 145 cm³/mol. The second-order valence-corrected chi connectivity index (χ2v) is 11.0. The van der Waals surface area contributed by atoms with Crippen molar-refractivity contribution in [3.8, 4) is 11.3 Å². The lowest BCUT2D eigenvalue weighted by Gasteiger charge is -2.33. The summed E-state index contributed by atoms with van der Waals surface area (Å²) in [5.41, 5.74) is 4.93. The lowest BCUT2D eigenvalue weighted by atomic mass is 9.86. The SMILES string of the molecule is Cc1nnn(C)c1-c1cnc2c3ccc(C(C)(C)O)cc3n([C@H](c3ccc(F)cc3F)C3CCOCC3)c2c1. The number of aryl methyl sites for hydroxylation is 2. The molecule has 39 heavy (non-hydrogen) atoms. The third-order valence-corrected chi connectivity index (χ3v) is 7.89. The van der Waals surface area contributed by atoms with Gasteiger partial charge in [0.15, 0.2) is 0 Å². The van der Waals surface area contributed by atoms with Gasteiger partial charge < -0.3 is 14.4 Å². The lowest BCUT2D eigenvalue weighted by molar-refractivity contribution is 0.0548. The van der Waals surface area contributed by atoms with E-state index in [1.54, 1.807) is 24.6 Å². The highest BCUT2D eigenvalue weighted by Gasteiger charge is 2.33. The molecule has 202 valence electrons. The van der Waals surface area contributed by atoms with Crippen molar-refractivity contribution in [2.75, 3.05) is 13.2 Å². The zero-order chi connectivity index (χ0) is 27.5. The summed E-state index contributed by atoms with van der Waals surface area (Å²) in [5.74, 6) is -1.17. The van der Waals surface area contributed by atoms with Crippen LogP contribution in [-0.2, 0) is 17.4 Å². The summed E-state index contributed by atoms with van der Waals surface area (Å²) in [4.78, 5) is 4.89. The van der Waals surface area contributed by atoms with Crippen molar-refractivity contribution in [2.45, 2.75) is 45.3 Å². The molecule has 0 amide bonds. The van der Waals surface area contributed by atoms with Crippen molar-refractivity contribution in [1.82, 2.24) is 24.5 Å². The van der Waals surface area contributed by atoms with Crippen LogP contribution in [0.25, 0.3) is 33.2 Å². The van der Waals surface area contributed by atoms with Crippen molar-refractivity contribution >= 4 is 21.9 Å². The normalized spacial score (nSPS) is 15.9. The number of ether oxygens (including phenoxy) is 1. The molecule has 1 saturated heterocycles. The first-order valence-corrected chi connectivity index (χ1v) is 13.2. The maximum absolute atomic E-state index is 15.6. The van der Waals surface area contributed by atoms with Crippen LogP contribution in [0.15, 0.2) is 48.7 Å². The van der Waals surface area contributed by atoms with E-state index in [0.717, 1.165) is 63.4 Å². The molecule has 3 aromatic heterocycles. The Morgan fingerprint density at radius 1 is 1.05 bits per heavy atom. The standard InChI is InChI=1S/C30H31F2N5O2/c1-17-28(36(4)35-34-17)19-13-26-27(33-16-19)23-7-5-20(30(2,3)38)14-25(23)37(26)29(18-9-11-39-12-10-18)22-8-6-21(31)15-24(22)32/h5-8,13-16,18,29,38H,9-12H2,1-4H3/t29-/m0/s1. The first kappa shape index (κ1) is 25.6. The van der Waals surface area contributed by atoms with E-state index >= 15 is 4.39 Å². The Morgan fingerprint density at radius 3 is 2.49 bits per heavy atom. The van der Waals surface area contributed by atoms with Gasteiger partial charge in [0.25, 0.3) is 0 Å². The van der Waals surface area contributed by atoms with Crippen LogP contribution in [0, 0.1) is 24.5 Å². The number of pyridine rings is 1. The molecule has 0 unspecified atom stereocenters. The van der Waals surface area contributed by atoms with Crippen LogP contribution in [0.2, 0.25) is 0 Å². The number of benzene rings is 2. The second kappa shape index (κ2) is 9.50. The average Bonchev–Trinajstić information content (AvgIpc) is 3.41. The fourth-order valence-corrected chi connectivity index (χ4v) is 5.95. The van der Waals surface area contributed by atoms with Crippen LogP contribution in [0.3, 0.4) is 0 Å². The predicted octanol–water partition coefficient (Wildman–Crippen LogP) is 5.82. The van der Waals surface area contributed by atoms with Gasteiger partial charge in [0.2, 0.25) is 0 Å². The van der Waals surface area contributed by atoms with Gasteiger partial charge in [-0.05, 0) is 63.3 Å². The topological polar surface area (TPSA) is 78.0 Å². The van der Waals surface area contributed by atoms with Gasteiger partial charge in [0, 0.05) is 49.0 Å².